The molecule has 1 aliphatic carbocycles. The van der Waals surface area contributed by atoms with Crippen LogP contribution in [0.5, 0.6) is 0 Å². The summed E-state index contributed by atoms with van der Waals surface area (Å²) in [5.41, 5.74) is 8.26. The van der Waals surface area contributed by atoms with E-state index in [9.17, 15) is 4.39 Å². The normalized spacial score (nSPS) is 17.3. The van der Waals surface area contributed by atoms with Gasteiger partial charge in [0.25, 0.3) is 0 Å². The number of benzene rings is 1. The smallest absolute Gasteiger partial charge is 0.222 e. The summed E-state index contributed by atoms with van der Waals surface area (Å²) in [6, 6.07) is 7.13. The van der Waals surface area contributed by atoms with Crippen LogP contribution >= 0.6 is 0 Å². The molecule has 1 aromatic heterocycles. The highest BCUT2D eigenvalue weighted by Crippen LogP contribution is 2.34. The Balaban J connectivity index is 1.89. The van der Waals surface area contributed by atoms with Crippen molar-refractivity contribution in [1.29, 1.82) is 0 Å². The zero-order valence-electron chi connectivity index (χ0n) is 10.7. The van der Waals surface area contributed by atoms with Crippen molar-refractivity contribution in [3.8, 4) is 0 Å². The predicted molar refractivity (Wildman–Crippen MR) is 72.3 cm³/mol. The average Bonchev–Trinajstić information content (AvgIpc) is 2.73. The Labute approximate surface area is 110 Å². The molecule has 2 aromatic rings. The molecule has 0 saturated heterocycles. The maximum atomic E-state index is 13.7. The molecule has 1 aliphatic rings. The number of hydrogen-bond acceptors (Lipinski definition) is 4. The first-order chi connectivity index (χ1) is 9.13. The van der Waals surface area contributed by atoms with Gasteiger partial charge in [0.1, 0.15) is 11.6 Å². The third-order valence-electron chi connectivity index (χ3n) is 3.41. The van der Waals surface area contributed by atoms with Gasteiger partial charge in [0.15, 0.2) is 0 Å². The lowest BCUT2D eigenvalue weighted by molar-refractivity contribution is 0.612. The third kappa shape index (κ3) is 2.23. The molecule has 1 heterocycles. The third-order valence-corrected chi connectivity index (χ3v) is 3.41. The number of aryl methyl sites for hydroxylation is 1. The number of halogens is 1. The van der Waals surface area contributed by atoms with E-state index in [1.165, 1.54) is 6.07 Å². The number of nitrogens with one attached hydrogen (secondary N) is 1. The van der Waals surface area contributed by atoms with Crippen molar-refractivity contribution in [2.45, 2.75) is 25.8 Å². The molecule has 19 heavy (non-hydrogen) atoms. The number of hydrogen-bond donors (Lipinski definition) is 2. The van der Waals surface area contributed by atoms with E-state index in [0.717, 1.165) is 29.7 Å². The first-order valence-electron chi connectivity index (χ1n) is 6.28. The number of aromatic nitrogens is 2. The van der Waals surface area contributed by atoms with Gasteiger partial charge < -0.3 is 11.1 Å². The number of nitrogen functional groups attached to an aromatic ring is 1. The second-order valence-corrected chi connectivity index (χ2v) is 4.80. The minimum absolute atomic E-state index is 0.0828. The molecule has 98 valence electrons. The number of anilines is 2. The highest BCUT2D eigenvalue weighted by atomic mass is 19.1. The zero-order chi connectivity index (χ0) is 13.4. The van der Waals surface area contributed by atoms with E-state index in [2.05, 4.69) is 15.3 Å². The SMILES string of the molecule is Cc1cc(N[C@H]2CCc3c(F)cccc32)nc(N)n1. The summed E-state index contributed by atoms with van der Waals surface area (Å²) < 4.78 is 13.7. The zero-order valence-corrected chi connectivity index (χ0v) is 10.7. The minimum Gasteiger partial charge on any atom is -0.368 e. The Morgan fingerprint density at radius 3 is 3.00 bits per heavy atom. The second kappa shape index (κ2) is 4.50. The fourth-order valence-electron chi connectivity index (χ4n) is 2.60. The van der Waals surface area contributed by atoms with Crippen LogP contribution in [-0.4, -0.2) is 9.97 Å². The minimum atomic E-state index is -0.125. The first-order valence-corrected chi connectivity index (χ1v) is 6.28. The molecule has 3 N–H and O–H groups in total. The van der Waals surface area contributed by atoms with Crippen LogP contribution in [0.1, 0.15) is 29.3 Å². The summed E-state index contributed by atoms with van der Waals surface area (Å²) in [5.74, 6) is 0.812. The van der Waals surface area contributed by atoms with E-state index in [1.807, 2.05) is 19.1 Å². The molecular formula is C14H15FN4. The molecule has 0 unspecified atom stereocenters. The quantitative estimate of drug-likeness (QED) is 0.869. The van der Waals surface area contributed by atoms with Crippen molar-refractivity contribution < 1.29 is 4.39 Å². The van der Waals surface area contributed by atoms with Crippen LogP contribution in [0.25, 0.3) is 0 Å². The molecule has 0 spiro atoms. The summed E-state index contributed by atoms with van der Waals surface area (Å²) in [4.78, 5) is 8.19. The monoisotopic (exact) mass is 258 g/mol. The molecule has 0 bridgehead atoms. The number of rotatable bonds is 2. The fourth-order valence-corrected chi connectivity index (χ4v) is 2.60. The predicted octanol–water partition coefficient (Wildman–Crippen LogP) is 2.61. The van der Waals surface area contributed by atoms with E-state index in [-0.39, 0.29) is 17.8 Å². The van der Waals surface area contributed by atoms with E-state index in [4.69, 9.17) is 5.73 Å². The van der Waals surface area contributed by atoms with Crippen LogP contribution in [0, 0.1) is 12.7 Å². The van der Waals surface area contributed by atoms with Gasteiger partial charge in [-0.05, 0) is 37.0 Å². The molecule has 1 aromatic carbocycles. The van der Waals surface area contributed by atoms with Gasteiger partial charge in [-0.2, -0.15) is 4.98 Å². The Bertz CT molecular complexity index is 607. The largest absolute Gasteiger partial charge is 0.368 e. The van der Waals surface area contributed by atoms with Gasteiger partial charge in [0.05, 0.1) is 6.04 Å². The van der Waals surface area contributed by atoms with E-state index in [1.54, 1.807) is 6.07 Å². The van der Waals surface area contributed by atoms with Crippen LogP contribution in [0.3, 0.4) is 0 Å². The Morgan fingerprint density at radius 1 is 1.37 bits per heavy atom. The van der Waals surface area contributed by atoms with E-state index < -0.39 is 0 Å². The molecule has 0 amide bonds. The van der Waals surface area contributed by atoms with Gasteiger partial charge in [-0.25, -0.2) is 9.37 Å². The molecule has 3 rings (SSSR count). The molecule has 4 nitrogen and oxygen atoms in total. The van der Waals surface area contributed by atoms with E-state index in [0.29, 0.717) is 5.82 Å². The molecule has 1 atom stereocenters. The van der Waals surface area contributed by atoms with E-state index >= 15 is 0 Å². The van der Waals surface area contributed by atoms with Crippen molar-refractivity contribution in [2.75, 3.05) is 11.1 Å². The Hall–Kier alpha value is -2.17. The summed E-state index contributed by atoms with van der Waals surface area (Å²) in [6.07, 6.45) is 1.61. The summed E-state index contributed by atoms with van der Waals surface area (Å²) >= 11 is 0. The van der Waals surface area contributed by atoms with Crippen molar-refractivity contribution in [1.82, 2.24) is 9.97 Å². The number of fused-ring (bicyclic) bond motifs is 1. The molecular weight excluding hydrogens is 243 g/mol. The van der Waals surface area contributed by atoms with Crippen molar-refractivity contribution in [3.63, 3.8) is 0 Å². The van der Waals surface area contributed by atoms with Crippen molar-refractivity contribution in [3.05, 3.63) is 46.9 Å². The standard InChI is InChI=1S/C14H15FN4/c1-8-7-13(19-14(16)17-8)18-12-6-5-9-10(12)3-2-4-11(9)15/h2-4,7,12H,5-6H2,1H3,(H3,16,17,18,19)/t12-/m0/s1. The molecule has 0 radical (unpaired) electrons. The van der Waals surface area contributed by atoms with Gasteiger partial charge in [-0.3, -0.25) is 0 Å². The summed E-state index contributed by atoms with van der Waals surface area (Å²) in [6.45, 7) is 1.87. The maximum Gasteiger partial charge on any atom is 0.222 e. The van der Waals surface area contributed by atoms with Crippen molar-refractivity contribution in [2.24, 2.45) is 0 Å². The molecule has 5 heteroatoms. The lowest BCUT2D eigenvalue weighted by Gasteiger charge is -2.15. The van der Waals surface area contributed by atoms with Crippen LogP contribution < -0.4 is 11.1 Å². The molecule has 0 saturated carbocycles. The van der Waals surface area contributed by atoms with Crippen LogP contribution in [0.2, 0.25) is 0 Å². The number of nitrogens with two attached hydrogens (primary N) is 1. The average molecular weight is 258 g/mol. The van der Waals surface area contributed by atoms with Gasteiger partial charge >= 0.3 is 0 Å². The Kier molecular flexibility index (Phi) is 2.81. The van der Waals surface area contributed by atoms with Crippen LogP contribution in [0.15, 0.2) is 24.3 Å². The number of nitrogens with zero attached hydrogens (tertiary/aromatic N) is 2. The second-order valence-electron chi connectivity index (χ2n) is 4.80. The van der Waals surface area contributed by atoms with Gasteiger partial charge in [-0.1, -0.05) is 12.1 Å². The summed E-state index contributed by atoms with van der Waals surface area (Å²) in [7, 11) is 0. The lowest BCUT2D eigenvalue weighted by atomic mass is 10.1. The van der Waals surface area contributed by atoms with Crippen molar-refractivity contribution >= 4 is 11.8 Å². The van der Waals surface area contributed by atoms with Crippen LogP contribution in [-0.2, 0) is 6.42 Å². The molecule has 0 fully saturated rings. The van der Waals surface area contributed by atoms with Gasteiger partial charge in [0, 0.05) is 11.8 Å². The molecule has 0 aliphatic heterocycles. The highest BCUT2D eigenvalue weighted by Gasteiger charge is 2.25. The highest BCUT2D eigenvalue weighted by molar-refractivity contribution is 5.46. The first kappa shape index (κ1) is 11.9. The van der Waals surface area contributed by atoms with Crippen LogP contribution in [0.4, 0.5) is 16.2 Å². The van der Waals surface area contributed by atoms with Gasteiger partial charge in [-0.15, -0.1) is 0 Å². The Morgan fingerprint density at radius 2 is 2.21 bits per heavy atom. The van der Waals surface area contributed by atoms with Gasteiger partial charge in [0.2, 0.25) is 5.95 Å². The maximum absolute atomic E-state index is 13.7. The fraction of sp³-hybridized carbons (Fsp3) is 0.286. The lowest BCUT2D eigenvalue weighted by Crippen LogP contribution is -2.10. The summed E-state index contributed by atoms with van der Waals surface area (Å²) in [5, 5.41) is 3.31. The topological polar surface area (TPSA) is 63.8 Å².